The molecule has 90 valence electrons. The zero-order chi connectivity index (χ0) is 11.7. The van der Waals surface area contributed by atoms with Gasteiger partial charge < -0.3 is 10.2 Å². The number of benzene rings is 1. The zero-order valence-corrected chi connectivity index (χ0v) is 9.66. The lowest BCUT2D eigenvalue weighted by Gasteiger charge is -2.37. The summed E-state index contributed by atoms with van der Waals surface area (Å²) in [5, 5.41) is 3.45. The van der Waals surface area contributed by atoms with Crippen molar-refractivity contribution in [3.8, 4) is 0 Å². The minimum Gasteiger partial charge on any atom is -0.364 e. The Morgan fingerprint density at radius 1 is 1.12 bits per heavy atom. The number of carbonyl (C=O) groups excluding carboxylic acids is 1. The largest absolute Gasteiger partial charge is 0.364 e. The molecule has 0 bridgehead atoms. The molecule has 0 aromatic heterocycles. The molecule has 4 nitrogen and oxygen atoms in total. The van der Waals surface area contributed by atoms with Crippen LogP contribution >= 0.6 is 0 Å². The number of hydroxylamine groups is 1. The molecule has 4 heteroatoms. The van der Waals surface area contributed by atoms with Gasteiger partial charge in [-0.15, -0.1) is 5.48 Å². The van der Waals surface area contributed by atoms with Crippen LogP contribution in [-0.2, 0) is 4.84 Å². The smallest absolute Gasteiger partial charge is 0.359 e. The van der Waals surface area contributed by atoms with Crippen LogP contribution < -0.4 is 10.8 Å². The van der Waals surface area contributed by atoms with E-state index in [1.165, 1.54) is 6.42 Å². The average molecular weight is 232 g/mol. The summed E-state index contributed by atoms with van der Waals surface area (Å²) in [6.45, 7) is 0. The monoisotopic (exact) mass is 232 g/mol. The van der Waals surface area contributed by atoms with Gasteiger partial charge in [-0.1, -0.05) is 18.6 Å². The number of nitrogens with one attached hydrogen (secondary N) is 2. The molecule has 2 N–H and O–H groups in total. The van der Waals surface area contributed by atoms with Gasteiger partial charge in [0.25, 0.3) is 0 Å². The van der Waals surface area contributed by atoms with Crippen LogP contribution in [0.2, 0.25) is 0 Å². The number of para-hydroxylation sites is 1. The number of fused-ring (bicyclic) bond motifs is 1. The van der Waals surface area contributed by atoms with Crippen molar-refractivity contribution >= 4 is 11.7 Å². The zero-order valence-electron chi connectivity index (χ0n) is 9.66. The fourth-order valence-electron chi connectivity index (χ4n) is 2.63. The average Bonchev–Trinajstić information content (AvgIpc) is 2.50. The highest BCUT2D eigenvalue weighted by Gasteiger charge is 2.36. The van der Waals surface area contributed by atoms with Crippen molar-refractivity contribution in [2.45, 2.75) is 37.8 Å². The normalized spacial score (nSPS) is 22.2. The van der Waals surface area contributed by atoms with E-state index < -0.39 is 0 Å². The second kappa shape index (κ2) is 4.04. The number of hydrogen-bond acceptors (Lipinski definition) is 4. The van der Waals surface area contributed by atoms with Crippen molar-refractivity contribution in [3.63, 3.8) is 0 Å². The summed E-state index contributed by atoms with van der Waals surface area (Å²) < 4.78 is 0. The summed E-state index contributed by atoms with van der Waals surface area (Å²) in [4.78, 5) is 17.0. The Bertz CT molecular complexity index is 439. The molecule has 0 unspecified atom stereocenters. The third kappa shape index (κ3) is 1.89. The summed E-state index contributed by atoms with van der Waals surface area (Å²) in [6, 6.07) is 7.50. The first-order valence-corrected chi connectivity index (χ1v) is 6.15. The molecule has 1 saturated carbocycles. The van der Waals surface area contributed by atoms with Crippen LogP contribution in [0.1, 0.15) is 42.5 Å². The van der Waals surface area contributed by atoms with E-state index in [9.17, 15) is 4.79 Å². The van der Waals surface area contributed by atoms with Crippen molar-refractivity contribution in [3.05, 3.63) is 29.8 Å². The summed E-state index contributed by atoms with van der Waals surface area (Å²) >= 11 is 0. The van der Waals surface area contributed by atoms with Crippen LogP contribution in [0.15, 0.2) is 24.3 Å². The molecular formula is C13H16N2O2. The molecule has 1 fully saturated rings. The predicted octanol–water partition coefficient (Wildman–Crippen LogP) is 2.43. The Labute approximate surface area is 100 Å². The van der Waals surface area contributed by atoms with Gasteiger partial charge in [0.1, 0.15) is 5.66 Å². The first-order chi connectivity index (χ1) is 8.29. The van der Waals surface area contributed by atoms with Crippen molar-refractivity contribution < 1.29 is 9.63 Å². The molecule has 1 heterocycles. The quantitative estimate of drug-likeness (QED) is 0.721. The molecule has 1 aromatic carbocycles. The molecule has 0 amide bonds. The van der Waals surface area contributed by atoms with Crippen molar-refractivity contribution in [1.82, 2.24) is 5.48 Å². The van der Waals surface area contributed by atoms with E-state index in [4.69, 9.17) is 4.84 Å². The standard InChI is InChI=1S/C13H16N2O2/c16-12-10-6-2-3-7-11(10)14-13(15-17-12)8-4-1-5-9-13/h2-3,6-7,14-15H,1,4-5,8-9H2. The van der Waals surface area contributed by atoms with Crippen molar-refractivity contribution in [1.29, 1.82) is 0 Å². The van der Waals surface area contributed by atoms with E-state index in [0.717, 1.165) is 31.4 Å². The SMILES string of the molecule is O=C1ONC2(CCCCC2)Nc2ccccc21. The predicted molar refractivity (Wildman–Crippen MR) is 64.4 cm³/mol. The molecule has 2 aliphatic rings. The minimum atomic E-state index is -0.310. The summed E-state index contributed by atoms with van der Waals surface area (Å²) in [7, 11) is 0. The van der Waals surface area contributed by atoms with Gasteiger partial charge in [0.2, 0.25) is 0 Å². The molecule has 1 aromatic rings. The van der Waals surface area contributed by atoms with E-state index in [-0.39, 0.29) is 11.6 Å². The van der Waals surface area contributed by atoms with Crippen LogP contribution in [-0.4, -0.2) is 11.6 Å². The molecule has 17 heavy (non-hydrogen) atoms. The Balaban J connectivity index is 1.96. The summed E-state index contributed by atoms with van der Waals surface area (Å²) in [6.07, 6.45) is 5.52. The van der Waals surface area contributed by atoms with E-state index in [1.807, 2.05) is 18.2 Å². The molecule has 0 saturated heterocycles. The van der Waals surface area contributed by atoms with Gasteiger partial charge in [0, 0.05) is 0 Å². The van der Waals surface area contributed by atoms with Gasteiger partial charge in [-0.05, 0) is 37.8 Å². The summed E-state index contributed by atoms with van der Waals surface area (Å²) in [5.74, 6) is -0.310. The highest BCUT2D eigenvalue weighted by Crippen LogP contribution is 2.32. The van der Waals surface area contributed by atoms with Crippen LogP contribution in [0.25, 0.3) is 0 Å². The van der Waals surface area contributed by atoms with E-state index in [1.54, 1.807) is 6.07 Å². The molecule has 0 radical (unpaired) electrons. The number of rotatable bonds is 0. The third-order valence-corrected chi connectivity index (χ3v) is 3.57. The maximum atomic E-state index is 11.8. The minimum absolute atomic E-state index is 0.277. The molecule has 3 rings (SSSR count). The number of carbonyl (C=O) groups is 1. The fraction of sp³-hybridized carbons (Fsp3) is 0.462. The summed E-state index contributed by atoms with van der Waals surface area (Å²) in [5.41, 5.74) is 4.12. The van der Waals surface area contributed by atoms with Crippen LogP contribution in [0.3, 0.4) is 0 Å². The second-order valence-electron chi connectivity index (χ2n) is 4.80. The lowest BCUT2D eigenvalue weighted by atomic mass is 9.89. The topological polar surface area (TPSA) is 50.4 Å². The molecule has 0 atom stereocenters. The lowest BCUT2D eigenvalue weighted by Crippen LogP contribution is -2.52. The van der Waals surface area contributed by atoms with Gasteiger partial charge in [-0.2, -0.15) is 0 Å². The van der Waals surface area contributed by atoms with Crippen LogP contribution in [0, 0.1) is 0 Å². The highest BCUT2D eigenvalue weighted by molar-refractivity contribution is 5.96. The van der Waals surface area contributed by atoms with Gasteiger partial charge in [0.05, 0.1) is 11.3 Å². The van der Waals surface area contributed by atoms with Crippen LogP contribution in [0.5, 0.6) is 0 Å². The molecule has 1 aliphatic heterocycles. The Kier molecular flexibility index (Phi) is 2.52. The molecular weight excluding hydrogens is 216 g/mol. The third-order valence-electron chi connectivity index (χ3n) is 3.57. The second-order valence-corrected chi connectivity index (χ2v) is 4.80. The Morgan fingerprint density at radius 3 is 2.71 bits per heavy atom. The maximum Gasteiger partial charge on any atom is 0.359 e. The van der Waals surface area contributed by atoms with E-state index in [0.29, 0.717) is 5.56 Å². The van der Waals surface area contributed by atoms with Crippen LogP contribution in [0.4, 0.5) is 5.69 Å². The molecule has 1 spiro atoms. The first kappa shape index (κ1) is 10.6. The van der Waals surface area contributed by atoms with E-state index >= 15 is 0 Å². The number of anilines is 1. The first-order valence-electron chi connectivity index (χ1n) is 6.15. The Morgan fingerprint density at radius 2 is 1.88 bits per heavy atom. The maximum absolute atomic E-state index is 11.8. The lowest BCUT2D eigenvalue weighted by molar-refractivity contribution is -0.00519. The highest BCUT2D eigenvalue weighted by atomic mass is 16.7. The van der Waals surface area contributed by atoms with E-state index in [2.05, 4.69) is 10.8 Å². The van der Waals surface area contributed by atoms with Gasteiger partial charge in [-0.25, -0.2) is 4.79 Å². The Hall–Kier alpha value is -1.55. The van der Waals surface area contributed by atoms with Gasteiger partial charge >= 0.3 is 5.97 Å². The van der Waals surface area contributed by atoms with Gasteiger partial charge in [-0.3, -0.25) is 0 Å². The van der Waals surface area contributed by atoms with Crippen molar-refractivity contribution in [2.75, 3.05) is 5.32 Å². The van der Waals surface area contributed by atoms with Gasteiger partial charge in [0.15, 0.2) is 0 Å². The number of hydrogen-bond donors (Lipinski definition) is 2. The molecule has 1 aliphatic carbocycles. The fourth-order valence-corrected chi connectivity index (χ4v) is 2.63. The van der Waals surface area contributed by atoms with Crippen molar-refractivity contribution in [2.24, 2.45) is 0 Å².